The number of hydrogen-bond donors (Lipinski definition) is 2. The van der Waals surface area contributed by atoms with Crippen molar-refractivity contribution in [1.82, 2.24) is 0 Å². The van der Waals surface area contributed by atoms with Gasteiger partial charge in [0.15, 0.2) is 0 Å². The molecule has 0 saturated carbocycles. The molecule has 186 valence electrons. The van der Waals surface area contributed by atoms with E-state index >= 15 is 0 Å². The first kappa shape index (κ1) is 25.2. The lowest BCUT2D eigenvalue weighted by Crippen LogP contribution is -2.50. The van der Waals surface area contributed by atoms with Crippen LogP contribution in [0.3, 0.4) is 0 Å². The molecule has 1 saturated heterocycles. The molecule has 0 unspecified atom stereocenters. The lowest BCUT2D eigenvalue weighted by atomic mass is 9.92. The summed E-state index contributed by atoms with van der Waals surface area (Å²) in [5.41, 5.74) is 1.12. The Bertz CT molecular complexity index is 1040. The minimum Gasteiger partial charge on any atom is -0.497 e. The molecule has 7 heteroatoms. The van der Waals surface area contributed by atoms with Crippen molar-refractivity contribution in [2.45, 2.75) is 37.1 Å². The van der Waals surface area contributed by atoms with Crippen LogP contribution in [0.25, 0.3) is 0 Å². The molecule has 0 aromatic heterocycles. The van der Waals surface area contributed by atoms with Gasteiger partial charge in [-0.2, -0.15) is 0 Å². The van der Waals surface area contributed by atoms with Crippen molar-refractivity contribution in [1.29, 1.82) is 0 Å². The van der Waals surface area contributed by atoms with Crippen LogP contribution in [-0.2, 0) is 27.4 Å². The molecule has 3 aromatic rings. The summed E-state index contributed by atoms with van der Waals surface area (Å²) in [4.78, 5) is 0. The highest BCUT2D eigenvalue weighted by Crippen LogP contribution is 2.36. The van der Waals surface area contributed by atoms with Crippen LogP contribution in [-0.4, -0.2) is 55.5 Å². The number of aliphatic hydroxyl groups excluding tert-OH is 1. The lowest BCUT2D eigenvalue weighted by molar-refractivity contribution is -0.141. The normalized spacial score (nSPS) is 22.6. The third kappa shape index (κ3) is 6.20. The maximum atomic E-state index is 11.5. The van der Waals surface area contributed by atoms with Gasteiger partial charge in [-0.1, -0.05) is 54.6 Å². The molecular weight excluding hydrogens is 448 g/mol. The summed E-state index contributed by atoms with van der Waals surface area (Å²) in [6.07, 6.45) is -2.53. The summed E-state index contributed by atoms with van der Waals surface area (Å²) < 4.78 is 28.4. The molecule has 0 radical (unpaired) electrons. The summed E-state index contributed by atoms with van der Waals surface area (Å²) >= 11 is 0. The maximum Gasteiger partial charge on any atom is 0.140 e. The van der Waals surface area contributed by atoms with Gasteiger partial charge in [0.25, 0.3) is 0 Å². The van der Waals surface area contributed by atoms with E-state index in [1.54, 1.807) is 14.2 Å². The van der Waals surface area contributed by atoms with Gasteiger partial charge in [-0.25, -0.2) is 0 Å². The van der Waals surface area contributed by atoms with Crippen molar-refractivity contribution < 1.29 is 33.9 Å². The van der Waals surface area contributed by atoms with E-state index in [1.807, 2.05) is 78.9 Å². The minimum atomic E-state index is -1.43. The second kappa shape index (κ2) is 11.7. The second-order valence-corrected chi connectivity index (χ2v) is 8.66. The van der Waals surface area contributed by atoms with Gasteiger partial charge in [-0.05, 0) is 41.0 Å². The maximum absolute atomic E-state index is 11.5. The second-order valence-electron chi connectivity index (χ2n) is 8.66. The number of hydrogen-bond acceptors (Lipinski definition) is 7. The fourth-order valence-electron chi connectivity index (χ4n) is 4.16. The van der Waals surface area contributed by atoms with Crippen LogP contribution in [0.1, 0.15) is 22.8 Å². The third-order valence-corrected chi connectivity index (χ3v) is 6.17. The van der Waals surface area contributed by atoms with Crippen LogP contribution in [0, 0.1) is 0 Å². The zero-order valence-electron chi connectivity index (χ0n) is 20.0. The van der Waals surface area contributed by atoms with Crippen molar-refractivity contribution in [3.05, 3.63) is 95.6 Å². The molecule has 1 aliphatic rings. The Balaban J connectivity index is 1.46. The molecule has 1 aliphatic heterocycles. The highest BCUT2D eigenvalue weighted by molar-refractivity contribution is 5.28. The van der Waals surface area contributed by atoms with Crippen molar-refractivity contribution in [3.63, 3.8) is 0 Å². The first-order valence-electron chi connectivity index (χ1n) is 11.5. The van der Waals surface area contributed by atoms with E-state index in [1.165, 1.54) is 0 Å². The summed E-state index contributed by atoms with van der Waals surface area (Å²) in [6, 6.07) is 24.3. The van der Waals surface area contributed by atoms with Crippen LogP contribution in [0.2, 0.25) is 0 Å². The van der Waals surface area contributed by atoms with E-state index < -0.39 is 23.9 Å². The topological polar surface area (TPSA) is 86.6 Å². The molecule has 4 atom stereocenters. The standard InChI is InChI=1S/C28H32O7/c1-31-23-12-8-20(9-13-23)16-33-18-28(30)19-35-26(25(29)22-6-4-3-5-7-22)27(28)34-17-21-10-14-24(32-2)15-11-21/h3-15,25-27,29-30H,16-19H2,1-2H3/t25-,26-,27-,28-/m1/s1. The number of methoxy groups -OCH3 is 2. The molecule has 1 fully saturated rings. The Morgan fingerprint density at radius 3 is 2.00 bits per heavy atom. The number of ether oxygens (including phenoxy) is 5. The number of benzene rings is 3. The van der Waals surface area contributed by atoms with Crippen molar-refractivity contribution in [2.75, 3.05) is 27.4 Å². The predicted molar refractivity (Wildman–Crippen MR) is 130 cm³/mol. The molecule has 2 N–H and O–H groups in total. The van der Waals surface area contributed by atoms with Gasteiger partial charge in [0.1, 0.15) is 35.4 Å². The van der Waals surface area contributed by atoms with E-state index in [9.17, 15) is 10.2 Å². The van der Waals surface area contributed by atoms with Crippen LogP contribution >= 0.6 is 0 Å². The lowest BCUT2D eigenvalue weighted by Gasteiger charge is -2.32. The van der Waals surface area contributed by atoms with E-state index in [0.29, 0.717) is 12.2 Å². The van der Waals surface area contributed by atoms with Crippen molar-refractivity contribution in [2.24, 2.45) is 0 Å². The molecule has 0 aliphatic carbocycles. The average Bonchev–Trinajstić information content (AvgIpc) is 3.24. The Morgan fingerprint density at radius 2 is 1.43 bits per heavy atom. The smallest absolute Gasteiger partial charge is 0.140 e. The Kier molecular flexibility index (Phi) is 8.38. The van der Waals surface area contributed by atoms with E-state index in [4.69, 9.17) is 23.7 Å². The van der Waals surface area contributed by atoms with Gasteiger partial charge in [-0.3, -0.25) is 0 Å². The molecule has 3 aromatic carbocycles. The summed E-state index contributed by atoms with van der Waals surface area (Å²) in [7, 11) is 3.23. The molecule has 4 rings (SSSR count). The number of rotatable bonds is 11. The van der Waals surface area contributed by atoms with Gasteiger partial charge < -0.3 is 33.9 Å². The first-order valence-corrected chi connectivity index (χ1v) is 11.5. The SMILES string of the molecule is COc1ccc(COC[C@@]2(O)CO[C@H]([C@H](O)c3ccccc3)[C@H]2OCc2ccc(OC)cc2)cc1. The van der Waals surface area contributed by atoms with Crippen LogP contribution in [0.5, 0.6) is 11.5 Å². The van der Waals surface area contributed by atoms with Crippen LogP contribution in [0.4, 0.5) is 0 Å². The van der Waals surface area contributed by atoms with Crippen molar-refractivity contribution >= 4 is 0 Å². The predicted octanol–water partition coefficient (Wildman–Crippen LogP) is 3.67. The zero-order chi connectivity index (χ0) is 24.7. The highest BCUT2D eigenvalue weighted by atomic mass is 16.6. The Hall–Kier alpha value is -2.94. The zero-order valence-corrected chi connectivity index (χ0v) is 20.0. The van der Waals surface area contributed by atoms with Crippen LogP contribution < -0.4 is 9.47 Å². The van der Waals surface area contributed by atoms with E-state index in [0.717, 1.165) is 22.6 Å². The summed E-state index contributed by atoms with van der Waals surface area (Å²) in [5.74, 6) is 1.51. The molecule has 7 nitrogen and oxygen atoms in total. The molecular formula is C28H32O7. The summed E-state index contributed by atoms with van der Waals surface area (Å²) in [6.45, 7) is 0.516. The average molecular weight is 481 g/mol. The fourth-order valence-corrected chi connectivity index (χ4v) is 4.16. The number of aliphatic hydroxyl groups is 2. The van der Waals surface area contributed by atoms with E-state index in [-0.39, 0.29) is 19.8 Å². The van der Waals surface area contributed by atoms with Crippen LogP contribution in [0.15, 0.2) is 78.9 Å². The molecule has 35 heavy (non-hydrogen) atoms. The van der Waals surface area contributed by atoms with E-state index in [2.05, 4.69) is 0 Å². The van der Waals surface area contributed by atoms with Gasteiger partial charge in [0.2, 0.25) is 0 Å². The van der Waals surface area contributed by atoms with Gasteiger partial charge in [0.05, 0.1) is 40.6 Å². The summed E-state index contributed by atoms with van der Waals surface area (Å²) in [5, 5.41) is 22.6. The third-order valence-electron chi connectivity index (χ3n) is 6.17. The molecule has 0 amide bonds. The minimum absolute atomic E-state index is 0.00961. The highest BCUT2D eigenvalue weighted by Gasteiger charge is 2.52. The van der Waals surface area contributed by atoms with Crippen molar-refractivity contribution in [3.8, 4) is 11.5 Å². The van der Waals surface area contributed by atoms with Gasteiger partial charge in [-0.15, -0.1) is 0 Å². The molecule has 0 spiro atoms. The first-order chi connectivity index (χ1) is 17.0. The molecule has 0 bridgehead atoms. The largest absolute Gasteiger partial charge is 0.497 e. The van der Waals surface area contributed by atoms with Gasteiger partial charge >= 0.3 is 0 Å². The quantitative estimate of drug-likeness (QED) is 0.433. The Labute approximate surface area is 205 Å². The Morgan fingerprint density at radius 1 is 0.857 bits per heavy atom. The fraction of sp³-hybridized carbons (Fsp3) is 0.357. The van der Waals surface area contributed by atoms with Gasteiger partial charge in [0, 0.05) is 0 Å². The molecule has 1 heterocycles. The monoisotopic (exact) mass is 480 g/mol.